The summed E-state index contributed by atoms with van der Waals surface area (Å²) in [6.07, 6.45) is 1.25. The minimum absolute atomic E-state index is 0.235. The van der Waals surface area contributed by atoms with Crippen LogP contribution in [-0.4, -0.2) is 20.9 Å². The highest BCUT2D eigenvalue weighted by Gasteiger charge is 2.13. The van der Waals surface area contributed by atoms with Crippen LogP contribution in [0.5, 0.6) is 0 Å². The third-order valence-corrected chi connectivity index (χ3v) is 1.57. The lowest BCUT2D eigenvalue weighted by molar-refractivity contribution is -0.118. The molecule has 0 saturated carbocycles. The van der Waals surface area contributed by atoms with Crippen molar-refractivity contribution >= 4 is 34.2 Å². The Morgan fingerprint density at radius 3 is 3.09 bits per heavy atom. The topological polar surface area (TPSA) is 54.9 Å². The Labute approximate surface area is 70.6 Å². The van der Waals surface area contributed by atoms with Gasteiger partial charge in [-0.25, -0.2) is 9.37 Å². The average molecular weight is 196 g/mol. The molecule has 1 aromatic heterocycles. The smallest absolute Gasteiger partial charge is 0.276 e. The lowest BCUT2D eigenvalue weighted by Gasteiger charge is -1.97. The van der Waals surface area contributed by atoms with Crippen molar-refractivity contribution in [2.45, 2.75) is 5.63 Å². The van der Waals surface area contributed by atoms with Crippen molar-refractivity contribution in [2.75, 3.05) is 5.32 Å². The van der Waals surface area contributed by atoms with Crippen molar-refractivity contribution in [2.24, 2.45) is 0 Å². The molecule has 11 heavy (non-hydrogen) atoms. The number of carbonyl (C=O) groups is 1. The molecule has 0 aliphatic heterocycles. The van der Waals surface area contributed by atoms with Crippen LogP contribution in [0, 0.1) is 0 Å². The Hall–Kier alpha value is -0.750. The fourth-order valence-electron chi connectivity index (χ4n) is 0.388. The third-order valence-electron chi connectivity index (χ3n) is 0.790. The van der Waals surface area contributed by atoms with Crippen LogP contribution in [0.2, 0.25) is 0 Å². The van der Waals surface area contributed by atoms with Gasteiger partial charge in [0.2, 0.25) is 5.13 Å². The number of aromatic nitrogens is 2. The van der Waals surface area contributed by atoms with E-state index >= 15 is 0 Å². The normalized spacial score (nSPS) is 12.5. The molecule has 0 radical (unpaired) electrons. The van der Waals surface area contributed by atoms with E-state index in [0.29, 0.717) is 0 Å². The molecule has 0 saturated heterocycles. The van der Waals surface area contributed by atoms with Crippen LogP contribution in [0.4, 0.5) is 9.52 Å². The van der Waals surface area contributed by atoms with Gasteiger partial charge in [0.25, 0.3) is 11.5 Å². The Kier molecular flexibility index (Phi) is 2.72. The molecule has 1 atom stereocenters. The number of rotatable bonds is 2. The first-order valence-electron chi connectivity index (χ1n) is 2.56. The van der Waals surface area contributed by atoms with E-state index in [-0.39, 0.29) is 5.13 Å². The number of carbonyl (C=O) groups excluding carboxylic acids is 1. The quantitative estimate of drug-likeness (QED) is 0.717. The molecule has 0 aromatic carbocycles. The summed E-state index contributed by atoms with van der Waals surface area (Å²) in [4.78, 5) is 14.1. The zero-order valence-corrected chi connectivity index (χ0v) is 6.69. The van der Waals surface area contributed by atoms with Gasteiger partial charge in [0.05, 0.1) is 0 Å². The lowest BCUT2D eigenvalue weighted by atomic mass is 10.7. The highest BCUT2D eigenvalue weighted by atomic mass is 35.5. The summed E-state index contributed by atoms with van der Waals surface area (Å²) >= 11 is 5.77. The number of amides is 1. The number of halogens is 2. The molecule has 1 unspecified atom stereocenters. The predicted octanol–water partition coefficient (Wildman–Crippen LogP) is 1.01. The Morgan fingerprint density at radius 2 is 2.64 bits per heavy atom. The van der Waals surface area contributed by atoms with E-state index in [2.05, 4.69) is 14.7 Å². The highest BCUT2D eigenvalue weighted by Crippen LogP contribution is 2.08. The first kappa shape index (κ1) is 8.35. The fraction of sp³-hybridized carbons (Fsp3) is 0.250. The maximum Gasteiger partial charge on any atom is 0.276 e. The minimum Gasteiger partial charge on any atom is -0.297 e. The molecule has 1 N–H and O–H groups in total. The minimum atomic E-state index is -2.04. The monoisotopic (exact) mass is 195 g/mol. The van der Waals surface area contributed by atoms with Crippen molar-refractivity contribution in [3.63, 3.8) is 0 Å². The number of hydrogen-bond acceptors (Lipinski definition) is 4. The number of hydrogen-bond donors (Lipinski definition) is 1. The SMILES string of the molecule is O=C(Nc1ncns1)C(F)Cl. The van der Waals surface area contributed by atoms with Crippen LogP contribution >= 0.6 is 23.1 Å². The molecule has 7 heteroatoms. The molecular formula is C4H3ClFN3OS. The van der Waals surface area contributed by atoms with Crippen LogP contribution in [0.25, 0.3) is 0 Å². The van der Waals surface area contributed by atoms with Gasteiger partial charge < -0.3 is 0 Å². The zero-order valence-electron chi connectivity index (χ0n) is 5.12. The molecule has 0 fully saturated rings. The number of anilines is 1. The van der Waals surface area contributed by atoms with E-state index in [9.17, 15) is 9.18 Å². The van der Waals surface area contributed by atoms with Crippen molar-refractivity contribution in [3.05, 3.63) is 6.33 Å². The van der Waals surface area contributed by atoms with Gasteiger partial charge in [0, 0.05) is 11.5 Å². The van der Waals surface area contributed by atoms with Crippen molar-refractivity contribution < 1.29 is 9.18 Å². The molecule has 0 bridgehead atoms. The molecule has 0 aliphatic rings. The number of alkyl halides is 2. The van der Waals surface area contributed by atoms with Crippen LogP contribution in [0.15, 0.2) is 6.33 Å². The van der Waals surface area contributed by atoms with Gasteiger partial charge >= 0.3 is 0 Å². The van der Waals surface area contributed by atoms with Crippen molar-refractivity contribution in [3.8, 4) is 0 Å². The predicted molar refractivity (Wildman–Crippen MR) is 39.3 cm³/mol. The molecule has 1 aromatic rings. The Morgan fingerprint density at radius 1 is 1.91 bits per heavy atom. The second-order valence-corrected chi connectivity index (χ2v) is 2.70. The van der Waals surface area contributed by atoms with Gasteiger partial charge in [-0.1, -0.05) is 11.6 Å². The maximum absolute atomic E-state index is 12.0. The second kappa shape index (κ2) is 3.59. The van der Waals surface area contributed by atoms with Gasteiger partial charge in [-0.05, 0) is 0 Å². The first-order chi connectivity index (χ1) is 5.20. The van der Waals surface area contributed by atoms with Gasteiger partial charge in [-0.2, -0.15) is 4.37 Å². The molecule has 0 aliphatic carbocycles. The van der Waals surface area contributed by atoms with Crippen LogP contribution in [0.3, 0.4) is 0 Å². The summed E-state index contributed by atoms with van der Waals surface area (Å²) in [6, 6.07) is 0. The Balaban J connectivity index is 2.50. The van der Waals surface area contributed by atoms with Crippen LogP contribution in [0.1, 0.15) is 0 Å². The highest BCUT2D eigenvalue weighted by molar-refractivity contribution is 7.09. The summed E-state index contributed by atoms with van der Waals surface area (Å²) in [5, 5.41) is 2.35. The standard InChI is InChI=1S/C4H3ClFN3OS/c5-2(6)3(10)9-4-7-1-8-11-4/h1-2H,(H,7,8,9,10). The first-order valence-corrected chi connectivity index (χ1v) is 3.77. The molecule has 1 amide bonds. The van der Waals surface area contributed by atoms with E-state index in [1.165, 1.54) is 6.33 Å². The summed E-state index contributed by atoms with van der Waals surface area (Å²) in [7, 11) is 0. The number of nitrogens with zero attached hydrogens (tertiary/aromatic N) is 2. The average Bonchev–Trinajstić information content (AvgIpc) is 2.39. The summed E-state index contributed by atoms with van der Waals surface area (Å²) in [5.74, 6) is -0.927. The zero-order chi connectivity index (χ0) is 8.27. The molecule has 0 spiro atoms. The molecule has 1 rings (SSSR count). The van der Waals surface area contributed by atoms with E-state index in [1.54, 1.807) is 0 Å². The number of nitrogens with one attached hydrogen (secondary N) is 1. The van der Waals surface area contributed by atoms with Gasteiger partial charge in [-0.15, -0.1) is 0 Å². The molecule has 60 valence electrons. The summed E-state index contributed by atoms with van der Waals surface area (Å²) in [5.41, 5.74) is -2.04. The van der Waals surface area contributed by atoms with E-state index in [1.807, 2.05) is 0 Å². The second-order valence-electron chi connectivity index (χ2n) is 1.54. The van der Waals surface area contributed by atoms with Crippen molar-refractivity contribution in [1.29, 1.82) is 0 Å². The van der Waals surface area contributed by atoms with Gasteiger partial charge in [0.1, 0.15) is 6.33 Å². The Bertz CT molecular complexity index is 239. The van der Waals surface area contributed by atoms with Gasteiger partial charge in [0.15, 0.2) is 0 Å². The van der Waals surface area contributed by atoms with E-state index < -0.39 is 11.5 Å². The molecule has 1 heterocycles. The van der Waals surface area contributed by atoms with Crippen LogP contribution < -0.4 is 5.32 Å². The summed E-state index contributed by atoms with van der Waals surface area (Å²) in [6.45, 7) is 0. The van der Waals surface area contributed by atoms with Crippen molar-refractivity contribution in [1.82, 2.24) is 9.36 Å². The van der Waals surface area contributed by atoms with Gasteiger partial charge in [-0.3, -0.25) is 10.1 Å². The fourth-order valence-corrected chi connectivity index (χ4v) is 0.877. The van der Waals surface area contributed by atoms with E-state index in [0.717, 1.165) is 11.5 Å². The van der Waals surface area contributed by atoms with Crippen LogP contribution in [-0.2, 0) is 4.79 Å². The molecular weight excluding hydrogens is 193 g/mol. The third kappa shape index (κ3) is 2.39. The summed E-state index contributed by atoms with van der Waals surface area (Å²) < 4.78 is 15.6. The maximum atomic E-state index is 12.0. The largest absolute Gasteiger partial charge is 0.297 e. The van der Waals surface area contributed by atoms with E-state index in [4.69, 9.17) is 11.6 Å². The molecule has 4 nitrogen and oxygen atoms in total. The lowest BCUT2D eigenvalue weighted by Crippen LogP contribution is -2.18.